The first kappa shape index (κ1) is 23.0. The summed E-state index contributed by atoms with van der Waals surface area (Å²) in [6.45, 7) is 6.02. The first-order valence-corrected chi connectivity index (χ1v) is 10.6. The first-order chi connectivity index (χ1) is 15.4. The zero-order valence-electron chi connectivity index (χ0n) is 18.6. The fraction of sp³-hybridized carbons (Fsp3) is 0.269. The Bertz CT molecular complexity index is 1030. The minimum Gasteiger partial charge on any atom is -0.476 e. The van der Waals surface area contributed by atoms with Crippen LogP contribution in [0.15, 0.2) is 73.1 Å². The smallest absolute Gasteiger partial charge is 0.349 e. The van der Waals surface area contributed by atoms with E-state index >= 15 is 0 Å². The van der Waals surface area contributed by atoms with Crippen molar-refractivity contribution >= 4 is 11.9 Å². The quantitative estimate of drug-likeness (QED) is 0.506. The summed E-state index contributed by atoms with van der Waals surface area (Å²) in [5, 5.41) is 2.91. The molecule has 3 aromatic rings. The molecule has 0 saturated carbocycles. The summed E-state index contributed by atoms with van der Waals surface area (Å²) in [6.07, 6.45) is 3.93. The number of amides is 1. The molecule has 0 saturated heterocycles. The second kappa shape index (κ2) is 10.6. The number of nitrogens with one attached hydrogen (secondary N) is 1. The van der Waals surface area contributed by atoms with Gasteiger partial charge in [0.05, 0.1) is 12.2 Å². The Morgan fingerprint density at radius 3 is 2.22 bits per heavy atom. The standard InChI is InChI=1S/C26H28N2O4/c1-4-31-25(30)26(2,3)32-23-13-11-21(12-14-23)20-9-7-19(8-10-20)15-17-28-24(29)22-6-5-16-27-18-22/h5-14,16,18H,4,15,17H2,1-3H3,(H,28,29). The molecule has 0 aliphatic rings. The van der Waals surface area contributed by atoms with E-state index in [1.54, 1.807) is 45.3 Å². The number of rotatable bonds is 9. The lowest BCUT2D eigenvalue weighted by atomic mass is 10.0. The van der Waals surface area contributed by atoms with E-state index in [1.165, 1.54) is 0 Å². The Morgan fingerprint density at radius 2 is 1.62 bits per heavy atom. The third-order valence-corrected chi connectivity index (χ3v) is 4.90. The lowest BCUT2D eigenvalue weighted by Gasteiger charge is -2.24. The van der Waals surface area contributed by atoms with Crippen LogP contribution in [0.25, 0.3) is 11.1 Å². The minimum absolute atomic E-state index is 0.122. The molecule has 0 spiro atoms. The fourth-order valence-corrected chi connectivity index (χ4v) is 3.14. The van der Waals surface area contributed by atoms with Gasteiger partial charge in [-0.25, -0.2) is 4.79 Å². The van der Waals surface area contributed by atoms with E-state index in [4.69, 9.17) is 9.47 Å². The Balaban J connectivity index is 1.54. The number of benzene rings is 2. The Morgan fingerprint density at radius 1 is 0.969 bits per heavy atom. The van der Waals surface area contributed by atoms with Crippen molar-refractivity contribution in [3.8, 4) is 16.9 Å². The molecule has 0 bridgehead atoms. The zero-order valence-corrected chi connectivity index (χ0v) is 18.6. The van der Waals surface area contributed by atoms with Crippen LogP contribution in [0.2, 0.25) is 0 Å². The SMILES string of the molecule is CCOC(=O)C(C)(C)Oc1ccc(-c2ccc(CCNC(=O)c3cccnc3)cc2)cc1. The van der Waals surface area contributed by atoms with Gasteiger partial charge in [-0.1, -0.05) is 36.4 Å². The maximum atomic E-state index is 12.1. The van der Waals surface area contributed by atoms with Crippen LogP contribution in [0.4, 0.5) is 0 Å². The molecule has 166 valence electrons. The molecule has 1 amide bonds. The third-order valence-electron chi connectivity index (χ3n) is 4.90. The Hall–Kier alpha value is -3.67. The number of hydrogen-bond acceptors (Lipinski definition) is 5. The van der Waals surface area contributed by atoms with Crippen molar-refractivity contribution in [2.75, 3.05) is 13.2 Å². The van der Waals surface area contributed by atoms with Gasteiger partial charge in [-0.15, -0.1) is 0 Å². The molecule has 1 aromatic heterocycles. The average molecular weight is 433 g/mol. The summed E-state index contributed by atoms with van der Waals surface area (Å²) >= 11 is 0. The minimum atomic E-state index is -1.05. The molecule has 0 atom stereocenters. The summed E-state index contributed by atoms with van der Waals surface area (Å²) < 4.78 is 10.9. The predicted octanol–water partition coefficient (Wildman–Crippen LogP) is 4.44. The maximum Gasteiger partial charge on any atom is 0.349 e. The molecule has 6 nitrogen and oxygen atoms in total. The fourth-order valence-electron chi connectivity index (χ4n) is 3.14. The molecule has 2 aromatic carbocycles. The highest BCUT2D eigenvalue weighted by Gasteiger charge is 2.31. The molecule has 1 heterocycles. The van der Waals surface area contributed by atoms with Gasteiger partial charge >= 0.3 is 5.97 Å². The predicted molar refractivity (Wildman–Crippen MR) is 123 cm³/mol. The molecule has 0 unspecified atom stereocenters. The first-order valence-electron chi connectivity index (χ1n) is 10.6. The molecule has 6 heteroatoms. The van der Waals surface area contributed by atoms with E-state index in [9.17, 15) is 9.59 Å². The van der Waals surface area contributed by atoms with Crippen molar-refractivity contribution in [2.45, 2.75) is 32.8 Å². The number of pyridine rings is 1. The maximum absolute atomic E-state index is 12.1. The second-order valence-corrected chi connectivity index (χ2v) is 7.80. The van der Waals surface area contributed by atoms with Crippen molar-refractivity contribution in [3.05, 3.63) is 84.2 Å². The highest BCUT2D eigenvalue weighted by Crippen LogP contribution is 2.25. The largest absolute Gasteiger partial charge is 0.476 e. The van der Waals surface area contributed by atoms with Gasteiger partial charge in [0.25, 0.3) is 5.91 Å². The van der Waals surface area contributed by atoms with Crippen molar-refractivity contribution in [1.82, 2.24) is 10.3 Å². The van der Waals surface area contributed by atoms with E-state index < -0.39 is 11.6 Å². The number of carbonyl (C=O) groups excluding carboxylic acids is 2. The number of esters is 1. The average Bonchev–Trinajstić information content (AvgIpc) is 2.80. The van der Waals surface area contributed by atoms with Gasteiger partial charge in [0.1, 0.15) is 5.75 Å². The summed E-state index contributed by atoms with van der Waals surface area (Å²) in [7, 11) is 0. The molecule has 0 aliphatic carbocycles. The van der Waals surface area contributed by atoms with E-state index in [2.05, 4.69) is 34.6 Å². The van der Waals surface area contributed by atoms with Gasteiger partial charge in [-0.05, 0) is 68.1 Å². The van der Waals surface area contributed by atoms with Crippen LogP contribution in [-0.4, -0.2) is 35.6 Å². The number of hydrogen-bond donors (Lipinski definition) is 1. The van der Waals surface area contributed by atoms with Crippen LogP contribution in [0.5, 0.6) is 5.75 Å². The molecule has 0 fully saturated rings. The topological polar surface area (TPSA) is 77.5 Å². The highest BCUT2D eigenvalue weighted by molar-refractivity contribution is 5.93. The molecular weight excluding hydrogens is 404 g/mol. The normalized spacial score (nSPS) is 11.0. The van der Waals surface area contributed by atoms with Crippen LogP contribution >= 0.6 is 0 Å². The van der Waals surface area contributed by atoms with Crippen LogP contribution in [0, 0.1) is 0 Å². The van der Waals surface area contributed by atoms with Gasteiger partial charge in [0.15, 0.2) is 5.60 Å². The van der Waals surface area contributed by atoms with Gasteiger partial charge in [0, 0.05) is 18.9 Å². The second-order valence-electron chi connectivity index (χ2n) is 7.80. The molecular formula is C26H28N2O4. The van der Waals surface area contributed by atoms with E-state index in [1.807, 2.05) is 24.3 Å². The van der Waals surface area contributed by atoms with E-state index in [0.29, 0.717) is 24.5 Å². The lowest BCUT2D eigenvalue weighted by molar-refractivity contribution is -0.158. The van der Waals surface area contributed by atoms with Gasteiger partial charge < -0.3 is 14.8 Å². The Kier molecular flexibility index (Phi) is 7.60. The van der Waals surface area contributed by atoms with Crippen LogP contribution in [0.1, 0.15) is 36.7 Å². The van der Waals surface area contributed by atoms with Crippen molar-refractivity contribution in [2.24, 2.45) is 0 Å². The lowest BCUT2D eigenvalue weighted by Crippen LogP contribution is -2.39. The number of ether oxygens (including phenoxy) is 2. The molecule has 0 radical (unpaired) electrons. The van der Waals surface area contributed by atoms with Gasteiger partial charge in [-0.3, -0.25) is 9.78 Å². The van der Waals surface area contributed by atoms with Crippen molar-refractivity contribution in [1.29, 1.82) is 0 Å². The van der Waals surface area contributed by atoms with Gasteiger partial charge in [0.2, 0.25) is 0 Å². The third kappa shape index (κ3) is 6.17. The van der Waals surface area contributed by atoms with Crippen molar-refractivity contribution in [3.63, 3.8) is 0 Å². The molecule has 0 aliphatic heterocycles. The zero-order chi connectivity index (χ0) is 23.0. The van der Waals surface area contributed by atoms with Crippen LogP contribution in [0.3, 0.4) is 0 Å². The van der Waals surface area contributed by atoms with Crippen molar-refractivity contribution < 1.29 is 19.1 Å². The summed E-state index contributed by atoms with van der Waals surface area (Å²) in [5.74, 6) is 0.0900. The van der Waals surface area contributed by atoms with Crippen LogP contribution < -0.4 is 10.1 Å². The number of carbonyl (C=O) groups is 2. The summed E-state index contributed by atoms with van der Waals surface area (Å²) in [4.78, 5) is 28.0. The summed E-state index contributed by atoms with van der Waals surface area (Å²) in [6, 6.07) is 19.3. The molecule has 3 rings (SSSR count). The molecule has 1 N–H and O–H groups in total. The summed E-state index contributed by atoms with van der Waals surface area (Å²) in [5.41, 5.74) is 2.76. The van der Waals surface area contributed by atoms with Crippen LogP contribution in [-0.2, 0) is 16.0 Å². The van der Waals surface area contributed by atoms with E-state index in [0.717, 1.165) is 23.1 Å². The van der Waals surface area contributed by atoms with Gasteiger partial charge in [-0.2, -0.15) is 0 Å². The highest BCUT2D eigenvalue weighted by atomic mass is 16.6. The number of aromatic nitrogens is 1. The number of nitrogens with zero attached hydrogens (tertiary/aromatic N) is 1. The monoisotopic (exact) mass is 432 g/mol. The van der Waals surface area contributed by atoms with E-state index in [-0.39, 0.29) is 5.91 Å². The Labute approximate surface area is 188 Å². The molecule has 32 heavy (non-hydrogen) atoms.